The van der Waals surface area contributed by atoms with Crippen molar-refractivity contribution in [1.29, 1.82) is 0 Å². The predicted molar refractivity (Wildman–Crippen MR) is 85.7 cm³/mol. The summed E-state index contributed by atoms with van der Waals surface area (Å²) in [5.41, 5.74) is 1.37. The number of rotatable bonds is 2. The number of ether oxygens (including phenoxy) is 3. The van der Waals surface area contributed by atoms with E-state index < -0.39 is 0 Å². The molecule has 1 aromatic carbocycles. The second kappa shape index (κ2) is 7.87. The Kier molecular flexibility index (Phi) is 5.87. The largest absolute Gasteiger partial charge is 0.497 e. The highest BCUT2D eigenvalue weighted by Crippen LogP contribution is 2.31. The molecule has 120 valence electrons. The van der Waals surface area contributed by atoms with Crippen molar-refractivity contribution in [3.8, 4) is 11.5 Å². The average molecular weight is 304 g/mol. The molecule has 1 heterocycles. The summed E-state index contributed by atoms with van der Waals surface area (Å²) in [6.07, 6.45) is 8.95. The van der Waals surface area contributed by atoms with Crippen molar-refractivity contribution in [2.45, 2.75) is 45.1 Å². The van der Waals surface area contributed by atoms with Crippen LogP contribution in [0.2, 0.25) is 0 Å². The Morgan fingerprint density at radius 2 is 1.95 bits per heavy atom. The zero-order chi connectivity index (χ0) is 15.9. The topological polar surface area (TPSA) is 44.8 Å². The van der Waals surface area contributed by atoms with Crippen LogP contribution in [0.5, 0.6) is 11.5 Å². The molecule has 0 bridgehead atoms. The van der Waals surface area contributed by atoms with E-state index in [1.54, 1.807) is 20.3 Å². The number of methoxy groups -OCH3 is 2. The van der Waals surface area contributed by atoms with E-state index in [0.717, 1.165) is 31.2 Å². The van der Waals surface area contributed by atoms with E-state index in [0.29, 0.717) is 23.5 Å². The Hall–Kier alpha value is -1.97. The van der Waals surface area contributed by atoms with Gasteiger partial charge in [0.1, 0.15) is 17.1 Å². The Labute approximate surface area is 132 Å². The number of carbonyl (C=O) groups excluding carboxylic acids is 1. The van der Waals surface area contributed by atoms with E-state index in [4.69, 9.17) is 14.2 Å². The molecule has 0 radical (unpaired) electrons. The van der Waals surface area contributed by atoms with Gasteiger partial charge < -0.3 is 14.2 Å². The van der Waals surface area contributed by atoms with E-state index in [1.165, 1.54) is 0 Å². The van der Waals surface area contributed by atoms with Crippen molar-refractivity contribution in [1.82, 2.24) is 0 Å². The summed E-state index contributed by atoms with van der Waals surface area (Å²) in [7, 11) is 3.16. The van der Waals surface area contributed by atoms with Crippen LogP contribution in [0.1, 0.15) is 48.5 Å². The van der Waals surface area contributed by atoms with Crippen LogP contribution in [0.4, 0.5) is 0 Å². The monoisotopic (exact) mass is 304 g/mol. The van der Waals surface area contributed by atoms with E-state index in [2.05, 4.69) is 12.2 Å². The molecule has 0 unspecified atom stereocenters. The molecule has 1 atom stereocenters. The maximum absolute atomic E-state index is 12.5. The van der Waals surface area contributed by atoms with Crippen molar-refractivity contribution in [3.05, 3.63) is 35.4 Å². The standard InChI is InChI=1S/C18H24O4/c1-13-9-7-5-4-6-8-10-14-11-15(20-2)12-16(21-3)17(14)18(19)22-13/h6,8,11-13H,4-5,7,9-10H2,1-3H3/b8-6-/t13-/m1/s1. The third kappa shape index (κ3) is 4.03. The van der Waals surface area contributed by atoms with Crippen molar-refractivity contribution in [3.63, 3.8) is 0 Å². The summed E-state index contributed by atoms with van der Waals surface area (Å²) in [6.45, 7) is 1.94. The fourth-order valence-corrected chi connectivity index (χ4v) is 2.64. The first-order chi connectivity index (χ1) is 10.7. The molecule has 0 N–H and O–H groups in total. The average Bonchev–Trinajstić information content (AvgIpc) is 2.51. The lowest BCUT2D eigenvalue weighted by molar-refractivity contribution is 0.0315. The van der Waals surface area contributed by atoms with Crippen LogP contribution in [0.3, 0.4) is 0 Å². The highest BCUT2D eigenvalue weighted by molar-refractivity contribution is 5.94. The van der Waals surface area contributed by atoms with Gasteiger partial charge in [0.15, 0.2) is 0 Å². The van der Waals surface area contributed by atoms with Gasteiger partial charge in [-0.25, -0.2) is 4.79 Å². The van der Waals surface area contributed by atoms with Crippen molar-refractivity contribution >= 4 is 5.97 Å². The maximum atomic E-state index is 12.5. The van der Waals surface area contributed by atoms with Crippen LogP contribution in [0.25, 0.3) is 0 Å². The van der Waals surface area contributed by atoms with Crippen LogP contribution >= 0.6 is 0 Å². The third-order valence-corrected chi connectivity index (χ3v) is 3.86. The molecule has 0 spiro atoms. The first-order valence-corrected chi connectivity index (χ1v) is 7.76. The summed E-state index contributed by atoms with van der Waals surface area (Å²) in [5, 5.41) is 0. The third-order valence-electron chi connectivity index (χ3n) is 3.86. The van der Waals surface area contributed by atoms with Gasteiger partial charge in [-0.15, -0.1) is 0 Å². The number of hydrogen-bond acceptors (Lipinski definition) is 4. The van der Waals surface area contributed by atoms with Gasteiger partial charge in [0.05, 0.1) is 20.3 Å². The Bertz CT molecular complexity index is 548. The minimum absolute atomic E-state index is 0.0874. The zero-order valence-corrected chi connectivity index (χ0v) is 13.6. The zero-order valence-electron chi connectivity index (χ0n) is 13.6. The summed E-state index contributed by atoms with van der Waals surface area (Å²) in [5.74, 6) is 0.852. The van der Waals surface area contributed by atoms with Crippen molar-refractivity contribution in [2.24, 2.45) is 0 Å². The van der Waals surface area contributed by atoms with Gasteiger partial charge in [0.25, 0.3) is 0 Å². The number of carbonyl (C=O) groups is 1. The van der Waals surface area contributed by atoms with Gasteiger partial charge >= 0.3 is 5.97 Å². The minimum atomic E-state index is -0.323. The minimum Gasteiger partial charge on any atom is -0.497 e. The molecule has 1 aliphatic rings. The molecule has 2 rings (SSSR count). The summed E-state index contributed by atoms with van der Waals surface area (Å²) in [6, 6.07) is 3.60. The lowest BCUT2D eigenvalue weighted by atomic mass is 10.0. The molecule has 4 nitrogen and oxygen atoms in total. The second-order valence-electron chi connectivity index (χ2n) is 5.54. The number of allylic oxidation sites excluding steroid dienone is 2. The SMILES string of the molecule is COc1cc2c(c(OC)c1)C(=O)O[C@H](C)CCCC/C=C\C2. The molecular weight excluding hydrogens is 280 g/mol. The maximum Gasteiger partial charge on any atom is 0.342 e. The fourth-order valence-electron chi connectivity index (χ4n) is 2.64. The smallest absolute Gasteiger partial charge is 0.342 e. The van der Waals surface area contributed by atoms with Crippen LogP contribution < -0.4 is 9.47 Å². The molecule has 4 heteroatoms. The number of fused-ring (bicyclic) bond motifs is 1. The fraction of sp³-hybridized carbons (Fsp3) is 0.500. The van der Waals surface area contributed by atoms with E-state index in [1.807, 2.05) is 13.0 Å². The molecule has 1 aliphatic heterocycles. The van der Waals surface area contributed by atoms with Crippen LogP contribution in [-0.4, -0.2) is 26.3 Å². The molecule has 1 aromatic rings. The predicted octanol–water partition coefficient (Wildman–Crippen LogP) is 3.92. The van der Waals surface area contributed by atoms with Crippen LogP contribution in [-0.2, 0) is 11.2 Å². The number of cyclic esters (lactones) is 1. The molecule has 0 saturated heterocycles. The molecule has 0 saturated carbocycles. The Balaban J connectivity index is 2.44. The lowest BCUT2D eigenvalue weighted by Gasteiger charge is -2.18. The molecular formula is C18H24O4. The van der Waals surface area contributed by atoms with Gasteiger partial charge in [-0.3, -0.25) is 0 Å². The number of hydrogen-bond donors (Lipinski definition) is 0. The second-order valence-corrected chi connectivity index (χ2v) is 5.54. The lowest BCUT2D eigenvalue weighted by Crippen LogP contribution is -2.17. The number of esters is 1. The molecule has 0 amide bonds. The summed E-state index contributed by atoms with van der Waals surface area (Å²) < 4.78 is 16.3. The van der Waals surface area contributed by atoms with Gasteiger partial charge in [-0.2, -0.15) is 0 Å². The first-order valence-electron chi connectivity index (χ1n) is 7.76. The van der Waals surface area contributed by atoms with Gasteiger partial charge in [-0.1, -0.05) is 12.2 Å². The van der Waals surface area contributed by atoms with Crippen molar-refractivity contribution in [2.75, 3.05) is 14.2 Å². The van der Waals surface area contributed by atoms with Crippen LogP contribution in [0.15, 0.2) is 24.3 Å². The molecule has 22 heavy (non-hydrogen) atoms. The van der Waals surface area contributed by atoms with Crippen LogP contribution in [0, 0.1) is 0 Å². The highest BCUT2D eigenvalue weighted by Gasteiger charge is 2.22. The highest BCUT2D eigenvalue weighted by atomic mass is 16.5. The van der Waals surface area contributed by atoms with Crippen molar-refractivity contribution < 1.29 is 19.0 Å². The van der Waals surface area contributed by atoms with E-state index in [-0.39, 0.29) is 12.1 Å². The molecule has 0 fully saturated rings. The van der Waals surface area contributed by atoms with Gasteiger partial charge in [0, 0.05) is 6.07 Å². The van der Waals surface area contributed by atoms with E-state index in [9.17, 15) is 4.79 Å². The summed E-state index contributed by atoms with van der Waals surface area (Å²) >= 11 is 0. The Morgan fingerprint density at radius 1 is 1.14 bits per heavy atom. The van der Waals surface area contributed by atoms with Gasteiger partial charge in [0.2, 0.25) is 0 Å². The summed E-state index contributed by atoms with van der Waals surface area (Å²) in [4.78, 5) is 12.5. The Morgan fingerprint density at radius 3 is 2.68 bits per heavy atom. The van der Waals surface area contributed by atoms with E-state index >= 15 is 0 Å². The molecule has 0 aliphatic carbocycles. The number of benzene rings is 1. The first kappa shape index (κ1) is 16.4. The quantitative estimate of drug-likeness (QED) is 0.613. The van der Waals surface area contributed by atoms with Gasteiger partial charge in [-0.05, 0) is 50.7 Å². The molecule has 0 aromatic heterocycles. The normalized spacial score (nSPS) is 20.9.